The van der Waals surface area contributed by atoms with Crippen LogP contribution in [0.3, 0.4) is 0 Å². The van der Waals surface area contributed by atoms with Crippen molar-refractivity contribution in [3.63, 3.8) is 0 Å². The monoisotopic (exact) mass is 243 g/mol. The highest BCUT2D eigenvalue weighted by molar-refractivity contribution is 7.14. The maximum atomic E-state index is 5.96. The van der Waals surface area contributed by atoms with Crippen molar-refractivity contribution in [2.75, 3.05) is 5.73 Å². The lowest BCUT2D eigenvalue weighted by molar-refractivity contribution is 0.950. The first-order chi connectivity index (χ1) is 8.18. The molecule has 2 heterocycles. The van der Waals surface area contributed by atoms with Gasteiger partial charge in [-0.2, -0.15) is 4.37 Å². The van der Waals surface area contributed by atoms with Gasteiger partial charge in [-0.25, -0.2) is 0 Å². The van der Waals surface area contributed by atoms with Gasteiger partial charge in [0.25, 0.3) is 0 Å². The lowest BCUT2D eigenvalue weighted by atomic mass is 10.2. The number of hydrogen-bond acceptors (Lipinski definition) is 3. The van der Waals surface area contributed by atoms with Gasteiger partial charge in [0.05, 0.1) is 10.4 Å². The molecule has 0 unspecified atom stereocenters. The second kappa shape index (κ2) is 3.60. The standard InChI is InChI=1S/C13H13N3S/c1-8-6-7-9(2)16(8)13-10-4-3-5-11(14)12(10)17-15-13/h3-7H,14H2,1-2H3. The van der Waals surface area contributed by atoms with Crippen molar-refractivity contribution in [3.8, 4) is 5.82 Å². The van der Waals surface area contributed by atoms with Crippen LogP contribution >= 0.6 is 11.5 Å². The molecule has 0 saturated heterocycles. The van der Waals surface area contributed by atoms with Gasteiger partial charge in [-0.1, -0.05) is 6.07 Å². The molecular weight excluding hydrogens is 230 g/mol. The third-order valence-corrected chi connectivity index (χ3v) is 3.90. The van der Waals surface area contributed by atoms with Crippen molar-refractivity contribution >= 4 is 27.3 Å². The fraction of sp³-hybridized carbons (Fsp3) is 0.154. The Balaban J connectivity index is 2.36. The molecule has 0 aliphatic heterocycles. The number of anilines is 1. The van der Waals surface area contributed by atoms with Crippen LogP contribution in [0.4, 0.5) is 5.69 Å². The summed E-state index contributed by atoms with van der Waals surface area (Å²) in [7, 11) is 0. The van der Waals surface area contributed by atoms with E-state index < -0.39 is 0 Å². The Kier molecular flexibility index (Phi) is 2.19. The third-order valence-electron chi connectivity index (χ3n) is 2.99. The Bertz CT molecular complexity index is 674. The maximum Gasteiger partial charge on any atom is 0.158 e. The van der Waals surface area contributed by atoms with Crippen LogP contribution in [0, 0.1) is 13.8 Å². The predicted octanol–water partition coefficient (Wildman–Crippen LogP) is 3.29. The molecule has 4 heteroatoms. The molecule has 3 rings (SSSR count). The highest BCUT2D eigenvalue weighted by Gasteiger charge is 2.12. The second-order valence-corrected chi connectivity index (χ2v) is 4.96. The second-order valence-electron chi connectivity index (χ2n) is 4.18. The van der Waals surface area contributed by atoms with Crippen LogP contribution in [0.15, 0.2) is 30.3 Å². The van der Waals surface area contributed by atoms with E-state index in [1.165, 1.54) is 22.9 Å². The molecular formula is C13H13N3S. The van der Waals surface area contributed by atoms with E-state index in [1.807, 2.05) is 12.1 Å². The molecule has 0 saturated carbocycles. The molecule has 0 bridgehead atoms. The first kappa shape index (κ1) is 10.4. The van der Waals surface area contributed by atoms with Crippen molar-refractivity contribution in [1.29, 1.82) is 0 Å². The van der Waals surface area contributed by atoms with Crippen LogP contribution < -0.4 is 5.73 Å². The summed E-state index contributed by atoms with van der Waals surface area (Å²) in [5.74, 6) is 0.984. The van der Waals surface area contributed by atoms with E-state index in [0.29, 0.717) is 0 Å². The molecule has 0 radical (unpaired) electrons. The minimum Gasteiger partial charge on any atom is -0.398 e. The van der Waals surface area contributed by atoms with E-state index >= 15 is 0 Å². The summed E-state index contributed by atoms with van der Waals surface area (Å²) >= 11 is 1.46. The van der Waals surface area contributed by atoms with Crippen LogP contribution in [0.2, 0.25) is 0 Å². The molecule has 0 spiro atoms. The van der Waals surface area contributed by atoms with Gasteiger partial charge in [0.15, 0.2) is 5.82 Å². The summed E-state index contributed by atoms with van der Waals surface area (Å²) in [4.78, 5) is 0. The third kappa shape index (κ3) is 1.45. The van der Waals surface area contributed by atoms with E-state index in [-0.39, 0.29) is 0 Å². The fourth-order valence-electron chi connectivity index (χ4n) is 2.13. The van der Waals surface area contributed by atoms with E-state index in [4.69, 9.17) is 5.73 Å². The van der Waals surface area contributed by atoms with Crippen molar-refractivity contribution < 1.29 is 0 Å². The quantitative estimate of drug-likeness (QED) is 0.666. The van der Waals surface area contributed by atoms with Crippen molar-refractivity contribution in [2.24, 2.45) is 0 Å². The van der Waals surface area contributed by atoms with Gasteiger partial charge >= 0.3 is 0 Å². The molecule has 0 aliphatic rings. The van der Waals surface area contributed by atoms with Crippen LogP contribution in [0.25, 0.3) is 15.9 Å². The number of nitrogen functional groups attached to an aromatic ring is 1. The van der Waals surface area contributed by atoms with Crippen LogP contribution in [-0.2, 0) is 0 Å². The number of benzene rings is 1. The van der Waals surface area contributed by atoms with Gasteiger partial charge in [-0.15, -0.1) is 0 Å². The number of rotatable bonds is 1. The number of nitrogens with two attached hydrogens (primary N) is 1. The number of aryl methyl sites for hydroxylation is 2. The Hall–Kier alpha value is -1.81. The van der Waals surface area contributed by atoms with E-state index in [0.717, 1.165) is 21.6 Å². The average molecular weight is 243 g/mol. The molecule has 86 valence electrons. The Morgan fingerprint density at radius 2 is 1.82 bits per heavy atom. The largest absolute Gasteiger partial charge is 0.398 e. The molecule has 0 fully saturated rings. The molecule has 1 aromatic carbocycles. The molecule has 0 atom stereocenters. The number of nitrogens with zero attached hydrogens (tertiary/aromatic N) is 2. The van der Waals surface area contributed by atoms with Crippen LogP contribution in [0.1, 0.15) is 11.4 Å². The summed E-state index contributed by atoms with van der Waals surface area (Å²) in [6, 6.07) is 10.2. The van der Waals surface area contributed by atoms with Crippen molar-refractivity contribution in [3.05, 3.63) is 41.7 Å². The highest BCUT2D eigenvalue weighted by Crippen LogP contribution is 2.31. The first-order valence-corrected chi connectivity index (χ1v) is 6.25. The molecule has 0 aliphatic carbocycles. The number of aromatic nitrogens is 2. The number of hydrogen-bond donors (Lipinski definition) is 1. The molecule has 3 aromatic rings. The normalized spacial score (nSPS) is 11.2. The first-order valence-electron chi connectivity index (χ1n) is 5.47. The highest BCUT2D eigenvalue weighted by atomic mass is 32.1. The molecule has 0 amide bonds. The van der Waals surface area contributed by atoms with Gasteiger partial charge in [0.1, 0.15) is 0 Å². The smallest absolute Gasteiger partial charge is 0.158 e. The van der Waals surface area contributed by atoms with Crippen LogP contribution in [-0.4, -0.2) is 8.94 Å². The van der Waals surface area contributed by atoms with E-state index in [9.17, 15) is 0 Å². The predicted molar refractivity (Wildman–Crippen MR) is 72.8 cm³/mol. The van der Waals surface area contributed by atoms with E-state index in [1.54, 1.807) is 0 Å². The Morgan fingerprint density at radius 1 is 1.12 bits per heavy atom. The number of fused-ring (bicyclic) bond motifs is 1. The zero-order chi connectivity index (χ0) is 12.0. The Labute approximate surface area is 104 Å². The fourth-order valence-corrected chi connectivity index (χ4v) is 2.92. The van der Waals surface area contributed by atoms with Gasteiger partial charge in [-0.05, 0) is 49.6 Å². The molecule has 2 aromatic heterocycles. The lowest BCUT2D eigenvalue weighted by Gasteiger charge is -2.06. The SMILES string of the molecule is Cc1ccc(C)n1-c1nsc2c(N)cccc12. The van der Waals surface area contributed by atoms with Crippen molar-refractivity contribution in [1.82, 2.24) is 8.94 Å². The van der Waals surface area contributed by atoms with Gasteiger partial charge in [0.2, 0.25) is 0 Å². The summed E-state index contributed by atoms with van der Waals surface area (Å²) in [5, 5.41) is 1.12. The van der Waals surface area contributed by atoms with Crippen molar-refractivity contribution in [2.45, 2.75) is 13.8 Å². The summed E-state index contributed by atoms with van der Waals surface area (Å²) in [5.41, 5.74) is 9.14. The molecule has 17 heavy (non-hydrogen) atoms. The molecule has 3 nitrogen and oxygen atoms in total. The van der Waals surface area contributed by atoms with Gasteiger partial charge in [-0.3, -0.25) is 0 Å². The summed E-state index contributed by atoms with van der Waals surface area (Å²) in [6.45, 7) is 4.18. The summed E-state index contributed by atoms with van der Waals surface area (Å²) in [6.07, 6.45) is 0. The van der Waals surface area contributed by atoms with Gasteiger partial charge in [0, 0.05) is 16.8 Å². The topological polar surface area (TPSA) is 43.8 Å². The van der Waals surface area contributed by atoms with E-state index in [2.05, 4.69) is 41.0 Å². The minimum atomic E-state index is 0.800. The van der Waals surface area contributed by atoms with Crippen LogP contribution in [0.5, 0.6) is 0 Å². The maximum absolute atomic E-state index is 5.96. The summed E-state index contributed by atoms with van der Waals surface area (Å²) < 4.78 is 7.77. The zero-order valence-electron chi connectivity index (χ0n) is 9.77. The minimum absolute atomic E-state index is 0.800. The average Bonchev–Trinajstić information content (AvgIpc) is 2.84. The zero-order valence-corrected chi connectivity index (χ0v) is 10.6. The lowest BCUT2D eigenvalue weighted by Crippen LogP contribution is -1.99. The van der Waals surface area contributed by atoms with Gasteiger partial charge < -0.3 is 10.3 Å². The Morgan fingerprint density at radius 3 is 2.53 bits per heavy atom. The molecule has 2 N–H and O–H groups in total.